The van der Waals surface area contributed by atoms with Crippen LogP contribution in [-0.4, -0.2) is 58.5 Å². The second-order valence-corrected chi connectivity index (χ2v) is 9.46. The summed E-state index contributed by atoms with van der Waals surface area (Å²) in [4.78, 5) is 21.7. The number of halogens is 3. The van der Waals surface area contributed by atoms with Crippen LogP contribution in [0.5, 0.6) is 5.75 Å². The molecule has 6 nitrogen and oxygen atoms in total. The summed E-state index contributed by atoms with van der Waals surface area (Å²) < 4.78 is 49.2. The lowest BCUT2D eigenvalue weighted by atomic mass is 9.89. The van der Waals surface area contributed by atoms with E-state index in [4.69, 9.17) is 4.74 Å². The zero-order valence-corrected chi connectivity index (χ0v) is 20.3. The van der Waals surface area contributed by atoms with Crippen molar-refractivity contribution in [2.24, 2.45) is 0 Å². The molecule has 36 heavy (non-hydrogen) atoms. The predicted molar refractivity (Wildman–Crippen MR) is 129 cm³/mol. The lowest BCUT2D eigenvalue weighted by Gasteiger charge is -2.48. The molecule has 3 heterocycles. The summed E-state index contributed by atoms with van der Waals surface area (Å²) in [6, 6.07) is 6.98. The molecule has 3 aromatic rings. The Kier molecular flexibility index (Phi) is 6.34. The Bertz CT molecular complexity index is 1330. The van der Waals surface area contributed by atoms with E-state index in [2.05, 4.69) is 4.98 Å². The molecule has 1 amide bonds. The summed E-state index contributed by atoms with van der Waals surface area (Å²) in [5, 5.41) is 0. The third-order valence-electron chi connectivity index (χ3n) is 6.92. The first kappa shape index (κ1) is 24.1. The first-order valence-corrected chi connectivity index (χ1v) is 11.8. The molecule has 1 aromatic heterocycles. The molecule has 0 spiro atoms. The maximum atomic E-state index is 14.0. The first-order valence-electron chi connectivity index (χ1n) is 11.8. The van der Waals surface area contributed by atoms with E-state index in [0.29, 0.717) is 37.3 Å². The highest BCUT2D eigenvalue weighted by atomic mass is 19.2. The number of hydrogen-bond donors (Lipinski definition) is 0. The van der Waals surface area contributed by atoms with Crippen LogP contribution in [0.3, 0.4) is 0 Å². The fraction of sp³-hybridized carbons (Fsp3) is 0.333. The Hall–Kier alpha value is -3.59. The van der Waals surface area contributed by atoms with Gasteiger partial charge in [-0.25, -0.2) is 18.2 Å². The molecule has 2 atom stereocenters. The highest BCUT2D eigenvalue weighted by Gasteiger charge is 2.41. The van der Waals surface area contributed by atoms with Gasteiger partial charge in [-0.05, 0) is 68.3 Å². The lowest BCUT2D eigenvalue weighted by molar-refractivity contribution is -0.138. The molecule has 0 unspecified atom stereocenters. The molecule has 188 valence electrons. The van der Waals surface area contributed by atoms with Gasteiger partial charge in [0.15, 0.2) is 17.5 Å². The van der Waals surface area contributed by atoms with Crippen molar-refractivity contribution in [3.8, 4) is 11.4 Å². The van der Waals surface area contributed by atoms with Gasteiger partial charge in [-0.1, -0.05) is 6.07 Å². The number of carbonyl (C=O) groups is 1. The number of piperidine rings is 1. The van der Waals surface area contributed by atoms with Gasteiger partial charge in [0.05, 0.1) is 30.9 Å². The fourth-order valence-electron chi connectivity index (χ4n) is 5.21. The normalized spacial score (nSPS) is 21.7. The van der Waals surface area contributed by atoms with Crippen molar-refractivity contribution in [3.63, 3.8) is 0 Å². The summed E-state index contributed by atoms with van der Waals surface area (Å²) in [5.74, 6) is -3.56. The number of amides is 1. The summed E-state index contributed by atoms with van der Waals surface area (Å²) in [5.41, 5.74) is 3.37. The molecule has 0 radical (unpaired) electrons. The van der Waals surface area contributed by atoms with E-state index < -0.39 is 23.5 Å². The number of benzene rings is 2. The van der Waals surface area contributed by atoms with E-state index in [-0.39, 0.29) is 17.5 Å². The molecule has 2 aliphatic heterocycles. The van der Waals surface area contributed by atoms with Crippen molar-refractivity contribution < 1.29 is 22.7 Å². The molecule has 5 rings (SSSR count). The minimum absolute atomic E-state index is 0.101. The second kappa shape index (κ2) is 9.46. The SMILES string of the molecule is COc1cc(C=C2CC[C@@H]3CN(C)C[C@H](c4cc(F)c(F)c(F)c4)N3C2=O)ccc1-n1cnc(C)c1. The van der Waals surface area contributed by atoms with Gasteiger partial charge in [0.25, 0.3) is 5.91 Å². The van der Waals surface area contributed by atoms with Crippen LogP contribution < -0.4 is 4.74 Å². The fourth-order valence-corrected chi connectivity index (χ4v) is 5.21. The minimum Gasteiger partial charge on any atom is -0.495 e. The standard InChI is InChI=1S/C27H27F3N4O2/c1-16-12-33(15-31-16)23-7-4-17(9-25(23)36-3)8-18-5-6-20-13-32(2)14-24(34(20)27(18)35)19-10-21(28)26(30)22(29)11-19/h4,7-12,15,20,24H,5-6,13-14H2,1-3H3/t20-,24-/m1/s1. The molecular weight excluding hydrogens is 469 g/mol. The van der Waals surface area contributed by atoms with Gasteiger partial charge in [0.2, 0.25) is 0 Å². The number of aryl methyl sites for hydroxylation is 1. The monoisotopic (exact) mass is 496 g/mol. The predicted octanol–water partition coefficient (Wildman–Crippen LogP) is 4.67. The van der Waals surface area contributed by atoms with Crippen LogP contribution in [-0.2, 0) is 4.79 Å². The summed E-state index contributed by atoms with van der Waals surface area (Å²) in [7, 11) is 3.50. The zero-order chi connectivity index (χ0) is 25.6. The van der Waals surface area contributed by atoms with Gasteiger partial charge in [-0.3, -0.25) is 4.79 Å². The van der Waals surface area contributed by atoms with E-state index in [0.717, 1.165) is 29.1 Å². The number of rotatable bonds is 4. The van der Waals surface area contributed by atoms with E-state index in [9.17, 15) is 18.0 Å². The minimum atomic E-state index is -1.51. The summed E-state index contributed by atoms with van der Waals surface area (Å²) in [6.07, 6.45) is 6.75. The topological polar surface area (TPSA) is 50.6 Å². The van der Waals surface area contributed by atoms with Crippen LogP contribution in [0.4, 0.5) is 13.2 Å². The Morgan fingerprint density at radius 1 is 1.11 bits per heavy atom. The van der Waals surface area contributed by atoms with Crippen LogP contribution in [0.15, 0.2) is 48.4 Å². The Morgan fingerprint density at radius 3 is 2.53 bits per heavy atom. The number of imidazole rings is 1. The summed E-state index contributed by atoms with van der Waals surface area (Å²) in [6.45, 7) is 2.96. The number of nitrogens with zero attached hydrogens (tertiary/aromatic N) is 4. The van der Waals surface area contributed by atoms with E-state index in [1.807, 2.05) is 53.9 Å². The molecule has 2 aliphatic rings. The molecule has 0 N–H and O–H groups in total. The number of fused-ring (bicyclic) bond motifs is 1. The second-order valence-electron chi connectivity index (χ2n) is 9.46. The molecule has 2 aromatic carbocycles. The van der Waals surface area contributed by atoms with Crippen LogP contribution in [0, 0.1) is 24.4 Å². The van der Waals surface area contributed by atoms with Crippen molar-refractivity contribution >= 4 is 12.0 Å². The van der Waals surface area contributed by atoms with Crippen molar-refractivity contribution in [1.82, 2.24) is 19.4 Å². The van der Waals surface area contributed by atoms with E-state index >= 15 is 0 Å². The number of methoxy groups -OCH3 is 1. The van der Waals surface area contributed by atoms with Gasteiger partial charge in [-0.15, -0.1) is 0 Å². The quantitative estimate of drug-likeness (QED) is 0.389. The molecule has 0 saturated carbocycles. The third-order valence-corrected chi connectivity index (χ3v) is 6.92. The highest BCUT2D eigenvalue weighted by Crippen LogP contribution is 2.37. The average molecular weight is 497 g/mol. The van der Waals surface area contributed by atoms with E-state index in [1.165, 1.54) is 0 Å². The van der Waals surface area contributed by atoms with Crippen LogP contribution in [0.25, 0.3) is 11.8 Å². The lowest BCUT2D eigenvalue weighted by Crippen LogP contribution is -2.57. The van der Waals surface area contributed by atoms with Gasteiger partial charge < -0.3 is 19.1 Å². The number of ether oxygens (including phenoxy) is 1. The number of piperazine rings is 1. The number of likely N-dealkylation sites (N-methyl/N-ethyl adjacent to an activating group) is 1. The molecule has 2 fully saturated rings. The van der Waals surface area contributed by atoms with E-state index in [1.54, 1.807) is 18.3 Å². The van der Waals surface area contributed by atoms with Crippen molar-refractivity contribution in [2.45, 2.75) is 31.8 Å². The van der Waals surface area contributed by atoms with Gasteiger partial charge in [0.1, 0.15) is 5.75 Å². The molecule has 0 aliphatic carbocycles. The van der Waals surface area contributed by atoms with Crippen molar-refractivity contribution in [1.29, 1.82) is 0 Å². The number of carbonyl (C=O) groups excluding carboxylic acids is 1. The Labute approximate surface area is 207 Å². The maximum absolute atomic E-state index is 14.0. The summed E-state index contributed by atoms with van der Waals surface area (Å²) >= 11 is 0. The van der Waals surface area contributed by atoms with Crippen LogP contribution in [0.2, 0.25) is 0 Å². The van der Waals surface area contributed by atoms with Crippen molar-refractivity contribution in [2.75, 3.05) is 27.2 Å². The van der Waals surface area contributed by atoms with Gasteiger partial charge in [-0.2, -0.15) is 0 Å². The molecule has 0 bridgehead atoms. The molecule has 2 saturated heterocycles. The first-order chi connectivity index (χ1) is 17.2. The van der Waals surface area contributed by atoms with Gasteiger partial charge in [0, 0.05) is 30.9 Å². The highest BCUT2D eigenvalue weighted by molar-refractivity contribution is 5.99. The Balaban J connectivity index is 1.47. The average Bonchev–Trinajstić information content (AvgIpc) is 3.29. The maximum Gasteiger partial charge on any atom is 0.250 e. The third kappa shape index (κ3) is 4.39. The molecular formula is C27H27F3N4O2. The largest absolute Gasteiger partial charge is 0.495 e. The van der Waals surface area contributed by atoms with Crippen LogP contribution >= 0.6 is 0 Å². The molecule has 9 heteroatoms. The van der Waals surface area contributed by atoms with Gasteiger partial charge >= 0.3 is 0 Å². The van der Waals surface area contributed by atoms with Crippen molar-refractivity contribution in [3.05, 3.63) is 82.7 Å². The smallest absolute Gasteiger partial charge is 0.250 e. The van der Waals surface area contributed by atoms with Crippen LogP contribution in [0.1, 0.15) is 35.7 Å². The number of aromatic nitrogens is 2. The number of hydrogen-bond acceptors (Lipinski definition) is 4. The Morgan fingerprint density at radius 2 is 1.86 bits per heavy atom. The zero-order valence-electron chi connectivity index (χ0n) is 20.3.